The minimum absolute atomic E-state index is 0.351. The van der Waals surface area contributed by atoms with Gasteiger partial charge in [0, 0.05) is 36.2 Å². The molecule has 212 valence electrons. The third-order valence-electron chi connectivity index (χ3n) is 7.54. The first-order chi connectivity index (χ1) is 19.9. The Labute approximate surface area is 243 Å². The molecule has 42 heavy (non-hydrogen) atoms. The molecule has 1 aliphatic rings. The fraction of sp³-hybridized carbons (Fsp3) is 0.303. The molecule has 9 heteroatoms. The van der Waals surface area contributed by atoms with Gasteiger partial charge in [0.2, 0.25) is 0 Å². The molecule has 0 atom stereocenters. The number of alkyl carbamates (subject to hydrolysis) is 1. The van der Waals surface area contributed by atoms with Crippen LogP contribution in [0.5, 0.6) is 0 Å². The normalized spacial score (nSPS) is 20.2. The SMILES string of the molecule is Cc1cc2ncc3c(C#N)c(-c4ccccc4)c(-c4ccc([C@]5(NC(=O)OC(C)(C)C)C[C@@](C)(O)C5)cc4)nc3n2n1. The molecular weight excluding hydrogens is 528 g/mol. The highest BCUT2D eigenvalue weighted by Gasteiger charge is 2.53. The predicted octanol–water partition coefficient (Wildman–Crippen LogP) is 6.06. The molecule has 0 saturated heterocycles. The number of aryl methyl sites for hydroxylation is 1. The van der Waals surface area contributed by atoms with Gasteiger partial charge in [-0.05, 0) is 45.7 Å². The molecule has 3 aromatic heterocycles. The number of hydrogen-bond acceptors (Lipinski definition) is 7. The number of ether oxygens (including phenoxy) is 1. The van der Waals surface area contributed by atoms with E-state index in [2.05, 4.69) is 21.5 Å². The van der Waals surface area contributed by atoms with Crippen LogP contribution in [-0.2, 0) is 10.3 Å². The van der Waals surface area contributed by atoms with E-state index in [9.17, 15) is 15.2 Å². The summed E-state index contributed by atoms with van der Waals surface area (Å²) in [5, 5.41) is 29.3. The number of aliphatic hydroxyl groups is 1. The predicted molar refractivity (Wildman–Crippen MR) is 160 cm³/mol. The van der Waals surface area contributed by atoms with Crippen LogP contribution >= 0.6 is 0 Å². The van der Waals surface area contributed by atoms with Crippen molar-refractivity contribution in [2.24, 2.45) is 0 Å². The Morgan fingerprint density at radius 2 is 1.79 bits per heavy atom. The molecule has 1 amide bonds. The van der Waals surface area contributed by atoms with Gasteiger partial charge in [0.05, 0.1) is 33.5 Å². The first-order valence-corrected chi connectivity index (χ1v) is 13.9. The molecule has 0 bridgehead atoms. The second kappa shape index (κ2) is 9.64. The van der Waals surface area contributed by atoms with Gasteiger partial charge < -0.3 is 15.2 Å². The second-order valence-electron chi connectivity index (χ2n) is 12.4. The summed E-state index contributed by atoms with van der Waals surface area (Å²) in [5.74, 6) is 0. The first-order valence-electron chi connectivity index (χ1n) is 13.9. The van der Waals surface area contributed by atoms with Gasteiger partial charge in [-0.15, -0.1) is 0 Å². The number of benzene rings is 2. The first kappa shape index (κ1) is 27.4. The molecule has 1 fully saturated rings. The van der Waals surface area contributed by atoms with Crippen LogP contribution in [-0.4, -0.2) is 42.0 Å². The zero-order valence-corrected chi connectivity index (χ0v) is 24.3. The van der Waals surface area contributed by atoms with Gasteiger partial charge in [0.15, 0.2) is 11.3 Å². The number of pyridine rings is 1. The molecule has 0 radical (unpaired) electrons. The highest BCUT2D eigenvalue weighted by molar-refractivity contribution is 5.97. The third-order valence-corrected chi connectivity index (χ3v) is 7.54. The molecular formula is C33H32N6O3. The van der Waals surface area contributed by atoms with Crippen molar-refractivity contribution in [2.75, 3.05) is 0 Å². The van der Waals surface area contributed by atoms with Crippen molar-refractivity contribution in [3.8, 4) is 28.5 Å². The molecule has 6 rings (SSSR count). The molecule has 2 aromatic carbocycles. The van der Waals surface area contributed by atoms with Gasteiger partial charge in [-0.2, -0.15) is 14.9 Å². The number of hydrogen-bond donors (Lipinski definition) is 2. The van der Waals surface area contributed by atoms with Crippen LogP contribution in [0.2, 0.25) is 0 Å². The summed E-state index contributed by atoms with van der Waals surface area (Å²) in [5.41, 5.74) is 3.97. The summed E-state index contributed by atoms with van der Waals surface area (Å²) in [7, 11) is 0. The lowest BCUT2D eigenvalue weighted by atomic mass is 9.62. The average Bonchev–Trinajstić information content (AvgIpc) is 3.31. The summed E-state index contributed by atoms with van der Waals surface area (Å²) >= 11 is 0. The smallest absolute Gasteiger partial charge is 0.408 e. The third kappa shape index (κ3) is 4.84. The highest BCUT2D eigenvalue weighted by Crippen LogP contribution is 2.49. The Morgan fingerprint density at radius 3 is 2.40 bits per heavy atom. The van der Waals surface area contributed by atoms with Crippen LogP contribution in [0.4, 0.5) is 4.79 Å². The number of carbonyl (C=O) groups excluding carboxylic acids is 1. The lowest BCUT2D eigenvalue weighted by Gasteiger charge is -2.52. The van der Waals surface area contributed by atoms with Crippen molar-refractivity contribution in [1.82, 2.24) is 24.9 Å². The fourth-order valence-corrected chi connectivity index (χ4v) is 6.01. The van der Waals surface area contributed by atoms with Crippen LogP contribution < -0.4 is 5.32 Å². The van der Waals surface area contributed by atoms with E-state index in [1.54, 1.807) is 17.6 Å². The van der Waals surface area contributed by atoms with E-state index in [0.29, 0.717) is 46.3 Å². The zero-order chi connectivity index (χ0) is 29.9. The summed E-state index contributed by atoms with van der Waals surface area (Å²) in [4.78, 5) is 22.4. The van der Waals surface area contributed by atoms with Crippen molar-refractivity contribution in [1.29, 1.82) is 5.26 Å². The van der Waals surface area contributed by atoms with E-state index in [4.69, 9.17) is 9.72 Å². The molecule has 1 aliphatic carbocycles. The van der Waals surface area contributed by atoms with E-state index in [1.165, 1.54) is 0 Å². The van der Waals surface area contributed by atoms with Crippen molar-refractivity contribution in [3.05, 3.63) is 83.7 Å². The zero-order valence-electron chi connectivity index (χ0n) is 24.3. The Morgan fingerprint density at radius 1 is 1.10 bits per heavy atom. The van der Waals surface area contributed by atoms with Crippen LogP contribution in [0.3, 0.4) is 0 Å². The fourth-order valence-electron chi connectivity index (χ4n) is 6.01. The van der Waals surface area contributed by atoms with Gasteiger partial charge in [-0.1, -0.05) is 54.6 Å². The van der Waals surface area contributed by atoms with Crippen molar-refractivity contribution >= 4 is 22.8 Å². The lowest BCUT2D eigenvalue weighted by Crippen LogP contribution is -2.62. The number of nitriles is 1. The minimum atomic E-state index is -0.906. The average molecular weight is 561 g/mol. The summed E-state index contributed by atoms with van der Waals surface area (Å²) in [6.45, 7) is 9.10. The van der Waals surface area contributed by atoms with E-state index in [-0.39, 0.29) is 0 Å². The van der Waals surface area contributed by atoms with Crippen LogP contribution in [0.15, 0.2) is 66.9 Å². The van der Waals surface area contributed by atoms with E-state index >= 15 is 0 Å². The maximum Gasteiger partial charge on any atom is 0.408 e. The Hall–Kier alpha value is -4.81. The summed E-state index contributed by atoms with van der Waals surface area (Å²) in [6, 6.07) is 21.8. The molecule has 9 nitrogen and oxygen atoms in total. The molecule has 1 saturated carbocycles. The van der Waals surface area contributed by atoms with E-state index in [0.717, 1.165) is 22.4 Å². The quantitative estimate of drug-likeness (QED) is 0.274. The lowest BCUT2D eigenvalue weighted by molar-refractivity contribution is -0.0892. The van der Waals surface area contributed by atoms with E-state index in [1.807, 2.05) is 88.4 Å². The minimum Gasteiger partial charge on any atom is -0.444 e. The Bertz CT molecular complexity index is 1870. The number of aromatic nitrogens is 4. The largest absolute Gasteiger partial charge is 0.444 e. The number of fused-ring (bicyclic) bond motifs is 3. The number of nitrogens with zero attached hydrogens (tertiary/aromatic N) is 5. The van der Waals surface area contributed by atoms with Gasteiger partial charge in [0.25, 0.3) is 0 Å². The maximum atomic E-state index is 12.8. The van der Waals surface area contributed by atoms with Crippen LogP contribution in [0, 0.1) is 18.3 Å². The maximum absolute atomic E-state index is 12.8. The number of rotatable bonds is 4. The van der Waals surface area contributed by atoms with Gasteiger partial charge in [-0.25, -0.2) is 14.8 Å². The summed E-state index contributed by atoms with van der Waals surface area (Å²) < 4.78 is 7.21. The Balaban J connectivity index is 1.50. The second-order valence-corrected chi connectivity index (χ2v) is 12.4. The molecule has 0 unspecified atom stereocenters. The number of amides is 1. The molecule has 2 N–H and O–H groups in total. The van der Waals surface area contributed by atoms with Crippen molar-refractivity contribution in [3.63, 3.8) is 0 Å². The number of carbonyl (C=O) groups is 1. The molecule has 3 heterocycles. The Kier molecular flexibility index (Phi) is 6.28. The van der Waals surface area contributed by atoms with Crippen molar-refractivity contribution < 1.29 is 14.6 Å². The standard InChI is InChI=1S/C33H32N6O3/c1-20-15-26-35-17-25-24(16-34)27(21-9-7-6-8-10-21)28(36-29(25)39(26)38-20)22-11-13-23(14-12-22)33(18-32(5,41)19-33)37-30(40)42-31(2,3)4/h6-15,17,41H,18-19H2,1-5H3,(H,37,40)/t32-,33+. The highest BCUT2D eigenvalue weighted by atomic mass is 16.6. The monoisotopic (exact) mass is 560 g/mol. The molecule has 5 aromatic rings. The van der Waals surface area contributed by atoms with E-state index < -0.39 is 22.8 Å². The van der Waals surface area contributed by atoms with Gasteiger partial charge >= 0.3 is 6.09 Å². The molecule has 0 aliphatic heterocycles. The van der Waals surface area contributed by atoms with Crippen molar-refractivity contribution in [2.45, 2.75) is 64.2 Å². The molecule has 0 spiro atoms. The topological polar surface area (TPSA) is 125 Å². The van der Waals surface area contributed by atoms with Crippen LogP contribution in [0.1, 0.15) is 57.4 Å². The van der Waals surface area contributed by atoms with Gasteiger partial charge in [-0.3, -0.25) is 0 Å². The van der Waals surface area contributed by atoms with Crippen LogP contribution in [0.25, 0.3) is 39.1 Å². The summed E-state index contributed by atoms with van der Waals surface area (Å²) in [6.07, 6.45) is 1.86. The number of nitrogens with one attached hydrogen (secondary N) is 1. The van der Waals surface area contributed by atoms with Gasteiger partial charge in [0.1, 0.15) is 11.7 Å².